The van der Waals surface area contributed by atoms with Crippen LogP contribution in [0.15, 0.2) is 22.8 Å². The van der Waals surface area contributed by atoms with E-state index in [0.29, 0.717) is 0 Å². The van der Waals surface area contributed by atoms with Gasteiger partial charge in [0.1, 0.15) is 0 Å². The summed E-state index contributed by atoms with van der Waals surface area (Å²) >= 11 is 0. The van der Waals surface area contributed by atoms with Crippen LogP contribution in [0.1, 0.15) is 0 Å². The molecule has 1 rings (SSSR count). The average Bonchev–Trinajstić information content (AvgIpc) is 2.53. The molecule has 0 radical (unpaired) electrons. The van der Waals surface area contributed by atoms with Gasteiger partial charge in [0, 0.05) is 29.2 Å². The maximum Gasteiger partial charge on any atom is 0.0689 e. The van der Waals surface area contributed by atoms with Gasteiger partial charge in [-0.15, -0.1) is 6.07 Å². The zero-order chi connectivity index (χ0) is 14.3. The largest absolute Gasteiger partial charge is 0.599 e. The minimum Gasteiger partial charge on any atom is -0.599 e. The van der Waals surface area contributed by atoms with Gasteiger partial charge in [-0.1, -0.05) is 6.26 Å². The molecule has 14 heteroatoms. The molecule has 18 heavy (non-hydrogen) atoms. The topological polar surface area (TPSA) is 212 Å². The summed E-state index contributed by atoms with van der Waals surface area (Å²) in [6.07, 6.45) is 4.06. The van der Waals surface area contributed by atoms with E-state index in [4.69, 9.17) is 46.0 Å². The zero-order valence-electron chi connectivity index (χ0n) is 8.06. The van der Waals surface area contributed by atoms with Gasteiger partial charge in [0.15, 0.2) is 0 Å². The molecule has 0 amide bonds. The Kier molecular flexibility index (Phi) is 28.1. The van der Waals surface area contributed by atoms with Crippen molar-refractivity contribution < 1.29 is 48.9 Å². The monoisotopic (exact) mass is 491 g/mol. The Morgan fingerprint density at radius 2 is 1.11 bits per heavy atom. The molecule has 1 heterocycles. The summed E-state index contributed by atoms with van der Waals surface area (Å²) in [4.78, 5) is 24.8. The molecule has 0 bridgehead atoms. The van der Waals surface area contributed by atoms with Gasteiger partial charge in [-0.3, -0.25) is 0 Å². The number of hydrogen-bond donors (Lipinski definition) is 0. The second-order valence-electron chi connectivity index (χ2n) is 1.40. The van der Waals surface area contributed by atoms with Crippen molar-refractivity contribution in [3.8, 4) is 0 Å². The Balaban J connectivity index is -0.0000000719. The van der Waals surface area contributed by atoms with Crippen LogP contribution < -0.4 is 0 Å². The molecule has 0 N–H and O–H groups in total. The zero-order valence-corrected chi connectivity index (χ0v) is 11.5. The van der Waals surface area contributed by atoms with Crippen LogP contribution in [-0.2, 0) is 0 Å². The molecule has 0 aliphatic rings. The summed E-state index contributed by atoms with van der Waals surface area (Å²) < 4.78 is 4.46. The van der Waals surface area contributed by atoms with E-state index in [2.05, 4.69) is 10.7 Å². The standard InChI is InChI=1S/C4H3O.3NO3.Pu/c1-2-4-5-3-1;3*2-1(3)4;/h1-3H;;;;/q4*-1;. The van der Waals surface area contributed by atoms with Crippen molar-refractivity contribution in [1.82, 2.24) is 0 Å². The molecule has 0 aliphatic carbocycles. The minimum atomic E-state index is -1.75. The van der Waals surface area contributed by atoms with Crippen molar-refractivity contribution in [1.29, 1.82) is 0 Å². The van der Waals surface area contributed by atoms with Crippen LogP contribution in [0.5, 0.6) is 0 Å². The average molecular weight is 497 g/mol. The third kappa shape index (κ3) is 279. The summed E-state index contributed by atoms with van der Waals surface area (Å²) in [5, 5.41) is 44.2. The maximum absolute atomic E-state index is 8.25. The summed E-state index contributed by atoms with van der Waals surface area (Å²) in [5.74, 6) is 0. The van der Waals surface area contributed by atoms with Gasteiger partial charge in [-0.05, 0) is 6.26 Å². The van der Waals surface area contributed by atoms with Crippen LogP contribution in [-0.4, -0.2) is 15.3 Å². The van der Waals surface area contributed by atoms with Crippen LogP contribution in [0.25, 0.3) is 0 Å². The van der Waals surface area contributed by atoms with Crippen LogP contribution in [0, 0.1) is 81.4 Å². The molecule has 13 nitrogen and oxygen atoms in total. The molecule has 104 valence electrons. The summed E-state index contributed by atoms with van der Waals surface area (Å²) in [6.45, 7) is 0. The maximum atomic E-state index is 8.25. The van der Waals surface area contributed by atoms with Crippen LogP contribution in [0.4, 0.5) is 0 Å². The summed E-state index contributed by atoms with van der Waals surface area (Å²) in [5.41, 5.74) is 0. The Morgan fingerprint density at radius 1 is 0.833 bits per heavy atom. The second kappa shape index (κ2) is 20.3. The van der Waals surface area contributed by atoms with E-state index in [1.807, 2.05) is 0 Å². The SMILES string of the molecule is O=[N+]([O-])[O-].O=[N+]([O-])[O-].O=[N+]([O-])[O-].[Pu].[c-]1ccco1. The Labute approximate surface area is 119 Å². The van der Waals surface area contributed by atoms with Crippen molar-refractivity contribution in [3.05, 3.63) is 70.6 Å². The van der Waals surface area contributed by atoms with Gasteiger partial charge in [0.05, 0.1) is 15.3 Å². The molecule has 0 unspecified atom stereocenters. The Hall–Kier alpha value is -2.13. The molecule has 0 spiro atoms. The van der Waals surface area contributed by atoms with Crippen LogP contribution in [0.2, 0.25) is 0 Å². The van der Waals surface area contributed by atoms with Gasteiger partial charge >= 0.3 is 0 Å². The fraction of sp³-hybridized carbons (Fsp3) is 0. The normalized spacial score (nSPS) is 6.22. The number of hydrogen-bond acceptors (Lipinski definition) is 10. The molecule has 0 saturated carbocycles. The van der Waals surface area contributed by atoms with Gasteiger partial charge in [0.25, 0.3) is 0 Å². The smallest absolute Gasteiger partial charge is 0.0689 e. The van der Waals surface area contributed by atoms with Crippen molar-refractivity contribution in [2.24, 2.45) is 0 Å². The Bertz CT molecular complexity index is 244. The predicted molar refractivity (Wildman–Crippen MR) is 48.6 cm³/mol. The fourth-order valence-electron chi connectivity index (χ4n) is 0.196. The van der Waals surface area contributed by atoms with Crippen molar-refractivity contribution in [3.63, 3.8) is 0 Å². The third-order valence-electron chi connectivity index (χ3n) is 0.379. The van der Waals surface area contributed by atoms with Crippen molar-refractivity contribution >= 4 is 0 Å². The van der Waals surface area contributed by atoms with Gasteiger partial charge in [-0.25, -0.2) is 0 Å². The first-order chi connectivity index (χ1) is 7.70. The van der Waals surface area contributed by atoms with E-state index in [1.54, 1.807) is 18.4 Å². The fourth-order valence-corrected chi connectivity index (χ4v) is 0.196. The molecular formula is C4H3N3O10Pu-4. The molecular weight excluding hydrogens is 494 g/mol. The molecule has 1 aromatic rings. The molecule has 0 saturated heterocycles. The molecule has 0 fully saturated rings. The van der Waals surface area contributed by atoms with Crippen LogP contribution >= 0.6 is 0 Å². The number of furan rings is 1. The first-order valence-electron chi connectivity index (χ1n) is 3.04. The Morgan fingerprint density at radius 3 is 1.17 bits per heavy atom. The van der Waals surface area contributed by atoms with Gasteiger partial charge in [-0.2, -0.15) is 6.07 Å². The molecule has 1 aromatic heterocycles. The van der Waals surface area contributed by atoms with E-state index in [0.717, 1.165) is 0 Å². The van der Waals surface area contributed by atoms with E-state index in [9.17, 15) is 0 Å². The van der Waals surface area contributed by atoms with E-state index >= 15 is 0 Å². The van der Waals surface area contributed by atoms with Crippen molar-refractivity contribution in [2.45, 2.75) is 0 Å². The van der Waals surface area contributed by atoms with E-state index in [-0.39, 0.29) is 29.2 Å². The first-order valence-corrected chi connectivity index (χ1v) is 3.04. The number of rotatable bonds is 0. The van der Waals surface area contributed by atoms with Gasteiger partial charge in [0.2, 0.25) is 0 Å². The quantitative estimate of drug-likeness (QED) is 0.273. The second-order valence-corrected chi connectivity index (χ2v) is 1.40. The first kappa shape index (κ1) is 24.9. The number of nitrogens with zero attached hydrogens (tertiary/aromatic N) is 3. The summed E-state index contributed by atoms with van der Waals surface area (Å²) in [6, 6.07) is 3.49. The van der Waals surface area contributed by atoms with Crippen LogP contribution in [0.3, 0.4) is 0 Å². The van der Waals surface area contributed by atoms with E-state index in [1.165, 1.54) is 0 Å². The van der Waals surface area contributed by atoms with Gasteiger partial charge < -0.3 is 50.4 Å². The van der Waals surface area contributed by atoms with E-state index < -0.39 is 15.3 Å². The van der Waals surface area contributed by atoms with Crippen molar-refractivity contribution in [2.75, 3.05) is 0 Å². The molecule has 0 aliphatic heterocycles. The molecule has 0 aromatic carbocycles. The molecule has 0 atom stereocenters. The third-order valence-corrected chi connectivity index (χ3v) is 0.379. The predicted octanol–water partition coefficient (Wildman–Crippen LogP) is 0.362. The summed E-state index contributed by atoms with van der Waals surface area (Å²) in [7, 11) is 0. The minimum absolute atomic E-state index is 0.